The van der Waals surface area contributed by atoms with Crippen LogP contribution in [0.15, 0.2) is 48.5 Å². The topological polar surface area (TPSA) is 58.6 Å². The van der Waals surface area contributed by atoms with Gasteiger partial charge in [0.05, 0.1) is 13.7 Å². The fraction of sp³-hybridized carbons (Fsp3) is 0.176. The van der Waals surface area contributed by atoms with E-state index in [0.29, 0.717) is 17.0 Å². The molecule has 0 spiro atoms. The van der Waals surface area contributed by atoms with Gasteiger partial charge in [-0.25, -0.2) is 4.39 Å². The van der Waals surface area contributed by atoms with Crippen LogP contribution in [-0.2, 0) is 4.79 Å². The third-order valence-electron chi connectivity index (χ3n) is 3.17. The number of benzene rings is 2. The minimum absolute atomic E-state index is 0.118. The van der Waals surface area contributed by atoms with E-state index in [1.165, 1.54) is 43.3 Å². The summed E-state index contributed by atoms with van der Waals surface area (Å²) in [6.07, 6.45) is 0. The van der Waals surface area contributed by atoms with Crippen LogP contribution in [0.5, 0.6) is 5.75 Å². The van der Waals surface area contributed by atoms with Gasteiger partial charge in [-0.3, -0.25) is 9.59 Å². The Bertz CT molecular complexity index is 701. The molecule has 2 aromatic carbocycles. The first-order chi connectivity index (χ1) is 11.0. The van der Waals surface area contributed by atoms with E-state index in [1.807, 2.05) is 0 Å². The zero-order valence-electron chi connectivity index (χ0n) is 12.9. The summed E-state index contributed by atoms with van der Waals surface area (Å²) in [7, 11) is 3.05. The van der Waals surface area contributed by atoms with Crippen molar-refractivity contribution in [3.05, 3.63) is 59.9 Å². The summed E-state index contributed by atoms with van der Waals surface area (Å²) < 4.78 is 17.9. The highest BCUT2D eigenvalue weighted by Crippen LogP contribution is 2.16. The van der Waals surface area contributed by atoms with E-state index in [-0.39, 0.29) is 18.4 Å². The van der Waals surface area contributed by atoms with E-state index in [4.69, 9.17) is 4.74 Å². The number of anilines is 1. The summed E-state index contributed by atoms with van der Waals surface area (Å²) in [6.45, 7) is -0.118. The van der Waals surface area contributed by atoms with Gasteiger partial charge in [0.25, 0.3) is 5.91 Å². The molecule has 120 valence electrons. The van der Waals surface area contributed by atoms with Gasteiger partial charge >= 0.3 is 0 Å². The Morgan fingerprint density at radius 1 is 1.17 bits per heavy atom. The number of ether oxygens (including phenoxy) is 1. The van der Waals surface area contributed by atoms with Crippen molar-refractivity contribution in [3.8, 4) is 5.75 Å². The summed E-state index contributed by atoms with van der Waals surface area (Å²) in [5.41, 5.74) is 0.903. The minimum Gasteiger partial charge on any atom is -0.497 e. The summed E-state index contributed by atoms with van der Waals surface area (Å²) in [5.74, 6) is -0.486. The molecule has 6 heteroatoms. The SMILES string of the molecule is COc1cccc(NC(=O)CN(C)C(=O)c2ccc(F)cc2)c1. The Kier molecular flexibility index (Phi) is 5.30. The molecule has 0 aliphatic carbocycles. The van der Waals surface area contributed by atoms with Gasteiger partial charge in [0.2, 0.25) is 5.91 Å². The number of nitrogens with zero attached hydrogens (tertiary/aromatic N) is 1. The van der Waals surface area contributed by atoms with Crippen LogP contribution in [0.4, 0.5) is 10.1 Å². The molecule has 23 heavy (non-hydrogen) atoms. The average Bonchev–Trinajstić information content (AvgIpc) is 2.54. The van der Waals surface area contributed by atoms with Crippen molar-refractivity contribution >= 4 is 17.5 Å². The van der Waals surface area contributed by atoms with Gasteiger partial charge in [-0.15, -0.1) is 0 Å². The molecule has 5 nitrogen and oxygen atoms in total. The predicted molar refractivity (Wildman–Crippen MR) is 85.0 cm³/mol. The van der Waals surface area contributed by atoms with Crippen molar-refractivity contribution in [3.63, 3.8) is 0 Å². The second-order valence-electron chi connectivity index (χ2n) is 4.95. The maximum absolute atomic E-state index is 12.9. The third kappa shape index (κ3) is 4.54. The quantitative estimate of drug-likeness (QED) is 0.922. The molecule has 0 unspecified atom stereocenters. The smallest absolute Gasteiger partial charge is 0.254 e. The second-order valence-corrected chi connectivity index (χ2v) is 4.95. The van der Waals surface area contributed by atoms with Crippen molar-refractivity contribution in [2.75, 3.05) is 26.0 Å². The first-order valence-corrected chi connectivity index (χ1v) is 6.94. The van der Waals surface area contributed by atoms with E-state index < -0.39 is 5.82 Å². The molecule has 0 bridgehead atoms. The summed E-state index contributed by atoms with van der Waals surface area (Å²) >= 11 is 0. The number of nitrogens with one attached hydrogen (secondary N) is 1. The van der Waals surface area contributed by atoms with Crippen LogP contribution in [-0.4, -0.2) is 37.4 Å². The Labute approximate surface area is 133 Å². The van der Waals surface area contributed by atoms with Crippen LogP contribution in [0.3, 0.4) is 0 Å². The molecule has 2 rings (SSSR count). The van der Waals surface area contributed by atoms with Crippen molar-refractivity contribution in [1.29, 1.82) is 0 Å². The first kappa shape index (κ1) is 16.5. The first-order valence-electron chi connectivity index (χ1n) is 6.94. The third-order valence-corrected chi connectivity index (χ3v) is 3.17. The Morgan fingerprint density at radius 3 is 2.52 bits per heavy atom. The van der Waals surface area contributed by atoms with Crippen molar-refractivity contribution < 1.29 is 18.7 Å². The number of amides is 2. The van der Waals surface area contributed by atoms with Gasteiger partial charge in [-0.05, 0) is 36.4 Å². The molecular weight excluding hydrogens is 299 g/mol. The molecule has 0 aliphatic heterocycles. The molecule has 0 heterocycles. The molecule has 0 saturated carbocycles. The number of carbonyl (C=O) groups is 2. The molecular formula is C17H17FN2O3. The number of halogens is 1. The van der Waals surface area contributed by atoms with Crippen molar-refractivity contribution in [2.45, 2.75) is 0 Å². The van der Waals surface area contributed by atoms with Crippen molar-refractivity contribution in [1.82, 2.24) is 4.90 Å². The normalized spacial score (nSPS) is 10.0. The zero-order valence-corrected chi connectivity index (χ0v) is 12.9. The molecule has 0 aliphatic rings. The van der Waals surface area contributed by atoms with E-state index in [9.17, 15) is 14.0 Å². The monoisotopic (exact) mass is 316 g/mol. The van der Waals surface area contributed by atoms with Gasteiger partial charge in [0.15, 0.2) is 0 Å². The van der Waals surface area contributed by atoms with Crippen LogP contribution in [0.25, 0.3) is 0 Å². The number of likely N-dealkylation sites (N-methyl/N-ethyl adjacent to an activating group) is 1. The van der Waals surface area contributed by atoms with Crippen LogP contribution >= 0.6 is 0 Å². The number of carbonyl (C=O) groups excluding carboxylic acids is 2. The average molecular weight is 316 g/mol. The highest BCUT2D eigenvalue weighted by Gasteiger charge is 2.15. The number of methoxy groups -OCH3 is 1. The maximum Gasteiger partial charge on any atom is 0.254 e. The van der Waals surface area contributed by atoms with Gasteiger partial charge in [-0.1, -0.05) is 6.07 Å². The Balaban J connectivity index is 1.96. The lowest BCUT2D eigenvalue weighted by atomic mass is 10.2. The number of rotatable bonds is 5. The minimum atomic E-state index is -0.417. The Morgan fingerprint density at radius 2 is 1.87 bits per heavy atom. The van der Waals surface area contributed by atoms with Crippen LogP contribution in [0, 0.1) is 5.82 Å². The molecule has 2 amide bonds. The molecule has 0 radical (unpaired) electrons. The standard InChI is InChI=1S/C17H17FN2O3/c1-20(17(22)12-6-8-13(18)9-7-12)11-16(21)19-14-4-3-5-15(10-14)23-2/h3-10H,11H2,1-2H3,(H,19,21). The van der Waals surface area contributed by atoms with E-state index >= 15 is 0 Å². The molecule has 0 atom stereocenters. The van der Waals surface area contributed by atoms with E-state index in [0.717, 1.165) is 0 Å². The fourth-order valence-electron chi connectivity index (χ4n) is 2.00. The highest BCUT2D eigenvalue weighted by atomic mass is 19.1. The Hall–Kier alpha value is -2.89. The van der Waals surface area contributed by atoms with E-state index in [2.05, 4.69) is 5.32 Å². The van der Waals surface area contributed by atoms with Crippen molar-refractivity contribution in [2.24, 2.45) is 0 Å². The summed E-state index contributed by atoms with van der Waals surface area (Å²) in [4.78, 5) is 25.4. The van der Waals surface area contributed by atoms with Gasteiger partial charge in [0, 0.05) is 24.4 Å². The van der Waals surface area contributed by atoms with Gasteiger partial charge in [-0.2, -0.15) is 0 Å². The zero-order chi connectivity index (χ0) is 16.8. The van der Waals surface area contributed by atoms with Crippen LogP contribution in [0.1, 0.15) is 10.4 Å². The van der Waals surface area contributed by atoms with Crippen LogP contribution in [0.2, 0.25) is 0 Å². The summed E-state index contributed by atoms with van der Waals surface area (Å²) in [5, 5.41) is 2.69. The van der Waals surface area contributed by atoms with Gasteiger partial charge < -0.3 is 15.0 Å². The maximum atomic E-state index is 12.9. The summed E-state index contributed by atoms with van der Waals surface area (Å²) in [6, 6.07) is 12.1. The second kappa shape index (κ2) is 7.40. The number of hydrogen-bond acceptors (Lipinski definition) is 3. The largest absolute Gasteiger partial charge is 0.497 e. The molecule has 1 N–H and O–H groups in total. The predicted octanol–water partition coefficient (Wildman–Crippen LogP) is 2.55. The molecule has 0 saturated heterocycles. The molecule has 0 aromatic heterocycles. The van der Waals surface area contributed by atoms with Crippen LogP contribution < -0.4 is 10.1 Å². The fourth-order valence-corrected chi connectivity index (χ4v) is 2.00. The highest BCUT2D eigenvalue weighted by molar-refractivity contribution is 5.99. The molecule has 0 fully saturated rings. The van der Waals surface area contributed by atoms with E-state index in [1.54, 1.807) is 24.3 Å². The number of hydrogen-bond donors (Lipinski definition) is 1. The lowest BCUT2D eigenvalue weighted by Crippen LogP contribution is -2.34. The lowest BCUT2D eigenvalue weighted by Gasteiger charge is -2.17. The lowest BCUT2D eigenvalue weighted by molar-refractivity contribution is -0.116. The molecule has 2 aromatic rings. The van der Waals surface area contributed by atoms with Gasteiger partial charge in [0.1, 0.15) is 11.6 Å².